The molecule has 0 saturated carbocycles. The summed E-state index contributed by atoms with van der Waals surface area (Å²) in [6.07, 6.45) is 0.897. The smallest absolute Gasteiger partial charge is 0.119 e. The third-order valence-corrected chi connectivity index (χ3v) is 2.73. The summed E-state index contributed by atoms with van der Waals surface area (Å²) in [5, 5.41) is 8.76. The summed E-state index contributed by atoms with van der Waals surface area (Å²) in [4.78, 5) is 0. The summed E-state index contributed by atoms with van der Waals surface area (Å²) in [6.45, 7) is 10.8. The van der Waals surface area contributed by atoms with Gasteiger partial charge in [-0.1, -0.05) is 46.7 Å². The van der Waals surface area contributed by atoms with Gasteiger partial charge >= 0.3 is 0 Å². The van der Waals surface area contributed by atoms with Crippen LogP contribution in [0.5, 0.6) is 5.75 Å². The Morgan fingerprint density at radius 1 is 1.17 bits per heavy atom. The first-order valence-corrected chi connectivity index (χ1v) is 6.42. The van der Waals surface area contributed by atoms with Gasteiger partial charge in [0.05, 0.1) is 9.35 Å². The quantitative estimate of drug-likeness (QED) is 0.864. The zero-order chi connectivity index (χ0) is 15.6. The molecule has 0 heterocycles. The second-order valence-electron chi connectivity index (χ2n) is 6.55. The van der Waals surface area contributed by atoms with Crippen molar-refractivity contribution >= 4 is 0 Å². The number of hydrogen-bond acceptors (Lipinski definition) is 2. The van der Waals surface area contributed by atoms with Crippen LogP contribution in [0.3, 0.4) is 0 Å². The molecule has 0 atom stereocenters. The van der Waals surface area contributed by atoms with Crippen molar-refractivity contribution in [2.75, 3.05) is 13.2 Å². The van der Waals surface area contributed by atoms with E-state index in [2.05, 4.69) is 34.6 Å². The van der Waals surface area contributed by atoms with Gasteiger partial charge in [-0.05, 0) is 34.9 Å². The summed E-state index contributed by atoms with van der Waals surface area (Å²) in [5.41, 5.74) is 0.653. The van der Waals surface area contributed by atoms with Gasteiger partial charge in [0.15, 0.2) is 0 Å². The van der Waals surface area contributed by atoms with E-state index in [0.717, 1.165) is 12.0 Å². The van der Waals surface area contributed by atoms with Crippen LogP contribution >= 0.6 is 0 Å². The average Bonchev–Trinajstić information content (AvgIpc) is 2.21. The molecule has 0 aliphatic rings. The zero-order valence-corrected chi connectivity index (χ0v) is 12.1. The van der Waals surface area contributed by atoms with Crippen LogP contribution < -0.4 is 4.74 Å². The summed E-state index contributed by atoms with van der Waals surface area (Å²) < 4.78 is 21.7. The van der Waals surface area contributed by atoms with E-state index in [1.165, 1.54) is 0 Å². The van der Waals surface area contributed by atoms with Gasteiger partial charge in [-0.3, -0.25) is 0 Å². The van der Waals surface area contributed by atoms with Gasteiger partial charge in [-0.2, -0.15) is 0 Å². The Labute approximate surface area is 114 Å². The maximum Gasteiger partial charge on any atom is 0.119 e. The van der Waals surface area contributed by atoms with Crippen LogP contribution in [0.2, 0.25) is 0 Å². The third kappa shape index (κ3) is 4.69. The molecule has 1 rings (SSSR count). The lowest BCUT2D eigenvalue weighted by Gasteiger charge is -2.33. The van der Waals surface area contributed by atoms with Gasteiger partial charge in [0, 0.05) is 0 Å². The SMILES string of the molecule is [2H]c1cc(OCCO)cc([2H])c1C(C)(C)CC(C)(C)C. The average molecular weight is 252 g/mol. The van der Waals surface area contributed by atoms with Crippen LogP contribution in [0.1, 0.15) is 49.3 Å². The lowest BCUT2D eigenvalue weighted by Crippen LogP contribution is -2.24. The first-order chi connectivity index (χ1) is 9.07. The normalized spacial score (nSPS) is 14.1. The molecule has 0 fully saturated rings. The molecule has 0 radical (unpaired) electrons. The summed E-state index contributed by atoms with van der Waals surface area (Å²) >= 11 is 0. The molecular weight excluding hydrogens is 224 g/mol. The van der Waals surface area contributed by atoms with Crippen molar-refractivity contribution in [3.05, 3.63) is 29.8 Å². The molecule has 1 aromatic carbocycles. The number of ether oxygens (including phenoxy) is 1. The largest absolute Gasteiger partial charge is 0.491 e. The Morgan fingerprint density at radius 2 is 1.72 bits per heavy atom. The highest BCUT2D eigenvalue weighted by Gasteiger charge is 2.27. The maximum atomic E-state index is 8.76. The molecule has 0 bridgehead atoms. The van der Waals surface area contributed by atoms with E-state index in [9.17, 15) is 0 Å². The van der Waals surface area contributed by atoms with Crippen molar-refractivity contribution in [1.82, 2.24) is 0 Å². The summed E-state index contributed by atoms with van der Waals surface area (Å²) in [7, 11) is 0. The molecule has 1 aromatic rings. The molecule has 1 N–H and O–H groups in total. The van der Waals surface area contributed by atoms with E-state index in [0.29, 0.717) is 17.8 Å². The Morgan fingerprint density at radius 3 is 2.17 bits per heavy atom. The molecule has 2 nitrogen and oxygen atoms in total. The van der Waals surface area contributed by atoms with E-state index < -0.39 is 0 Å². The van der Waals surface area contributed by atoms with E-state index in [1.807, 2.05) is 0 Å². The molecule has 18 heavy (non-hydrogen) atoms. The first-order valence-electron chi connectivity index (χ1n) is 7.42. The van der Waals surface area contributed by atoms with Crippen LogP contribution in [-0.4, -0.2) is 18.3 Å². The van der Waals surface area contributed by atoms with Gasteiger partial charge in [0.1, 0.15) is 12.4 Å². The molecule has 2 heteroatoms. The highest BCUT2D eigenvalue weighted by molar-refractivity contribution is 5.31. The van der Waals surface area contributed by atoms with Crippen LogP contribution in [-0.2, 0) is 5.41 Å². The van der Waals surface area contributed by atoms with Crippen LogP contribution in [0.4, 0.5) is 0 Å². The van der Waals surface area contributed by atoms with Gasteiger partial charge in [-0.15, -0.1) is 0 Å². The van der Waals surface area contributed by atoms with Crippen molar-refractivity contribution in [3.63, 3.8) is 0 Å². The Balaban J connectivity index is 3.12. The minimum absolute atomic E-state index is 0.0715. The zero-order valence-electron chi connectivity index (χ0n) is 14.1. The summed E-state index contributed by atoms with van der Waals surface area (Å²) in [6, 6.07) is 3.93. The van der Waals surface area contributed by atoms with Gasteiger partial charge in [-0.25, -0.2) is 0 Å². The molecule has 0 aromatic heterocycles. The lowest BCUT2D eigenvalue weighted by atomic mass is 9.72. The number of aliphatic hydroxyl groups is 1. The van der Waals surface area contributed by atoms with Crippen LogP contribution in [0, 0.1) is 5.41 Å². The predicted octanol–water partition coefficient (Wildman–Crippen LogP) is 3.77. The second kappa shape index (κ2) is 5.75. The molecule has 0 spiro atoms. The highest BCUT2D eigenvalue weighted by Crippen LogP contribution is 2.36. The van der Waals surface area contributed by atoms with Gasteiger partial charge < -0.3 is 9.84 Å². The topological polar surface area (TPSA) is 29.5 Å². The minimum Gasteiger partial charge on any atom is -0.491 e. The Bertz CT molecular complexity index is 439. The number of hydrogen-bond donors (Lipinski definition) is 1. The molecule has 0 saturated heterocycles. The summed E-state index contributed by atoms with van der Waals surface area (Å²) in [5.74, 6) is 0.476. The fraction of sp³-hybridized carbons (Fsp3) is 0.625. The first kappa shape index (κ1) is 12.0. The monoisotopic (exact) mass is 252 g/mol. The molecule has 0 aliphatic carbocycles. The number of benzene rings is 1. The Hall–Kier alpha value is -1.02. The van der Waals surface area contributed by atoms with Crippen molar-refractivity contribution in [2.24, 2.45) is 5.41 Å². The fourth-order valence-electron chi connectivity index (χ4n) is 2.42. The van der Waals surface area contributed by atoms with Crippen molar-refractivity contribution in [2.45, 2.75) is 46.5 Å². The highest BCUT2D eigenvalue weighted by atomic mass is 16.5. The predicted molar refractivity (Wildman–Crippen MR) is 76.1 cm³/mol. The lowest BCUT2D eigenvalue weighted by molar-refractivity contribution is 0.201. The molecule has 0 unspecified atom stereocenters. The van der Waals surface area contributed by atoms with E-state index >= 15 is 0 Å². The van der Waals surface area contributed by atoms with E-state index in [4.69, 9.17) is 12.6 Å². The second-order valence-corrected chi connectivity index (χ2v) is 6.55. The molecular formula is C16H26O2. The van der Waals surface area contributed by atoms with Gasteiger partial charge in [0.2, 0.25) is 0 Å². The van der Waals surface area contributed by atoms with Crippen molar-refractivity contribution in [3.8, 4) is 5.75 Å². The minimum atomic E-state index is -0.234. The number of rotatable bonds is 5. The fourth-order valence-corrected chi connectivity index (χ4v) is 2.42. The van der Waals surface area contributed by atoms with E-state index in [-0.39, 0.29) is 24.0 Å². The molecule has 0 aliphatic heterocycles. The molecule has 0 amide bonds. The van der Waals surface area contributed by atoms with Gasteiger partial charge in [0.25, 0.3) is 0 Å². The maximum absolute atomic E-state index is 8.76. The van der Waals surface area contributed by atoms with Crippen molar-refractivity contribution < 1.29 is 12.6 Å². The number of aliphatic hydroxyl groups excluding tert-OH is 1. The van der Waals surface area contributed by atoms with Crippen LogP contribution in [0.25, 0.3) is 0 Å². The van der Waals surface area contributed by atoms with Crippen LogP contribution in [0.15, 0.2) is 24.2 Å². The Kier molecular flexibility index (Phi) is 3.84. The molecule has 102 valence electrons. The third-order valence-electron chi connectivity index (χ3n) is 2.73. The standard InChI is InChI=1S/C16H26O2/c1-15(2,3)12-16(4,5)13-6-8-14(9-7-13)18-11-10-17/h6-9,17H,10-12H2,1-5H3/i6D,7D. The van der Waals surface area contributed by atoms with Crippen molar-refractivity contribution in [1.29, 1.82) is 0 Å². The van der Waals surface area contributed by atoms with E-state index in [1.54, 1.807) is 12.1 Å².